The molecule has 0 spiro atoms. The molecule has 1 atom stereocenters. The molecule has 1 unspecified atom stereocenters. The summed E-state index contributed by atoms with van der Waals surface area (Å²) in [5, 5.41) is 5.86. The monoisotopic (exact) mass is 418 g/mol. The summed E-state index contributed by atoms with van der Waals surface area (Å²) in [6.07, 6.45) is 0.641. The van der Waals surface area contributed by atoms with Crippen molar-refractivity contribution in [2.45, 2.75) is 51.4 Å². The van der Waals surface area contributed by atoms with Crippen molar-refractivity contribution in [3.63, 3.8) is 0 Å². The third-order valence-electron chi connectivity index (χ3n) is 6.57. The van der Waals surface area contributed by atoms with Crippen LogP contribution in [0.2, 0.25) is 0 Å². The van der Waals surface area contributed by atoms with E-state index >= 15 is 0 Å². The first-order valence-electron chi connectivity index (χ1n) is 10.7. The van der Waals surface area contributed by atoms with Crippen LogP contribution < -0.4 is 15.5 Å². The minimum absolute atomic E-state index is 0.0872. The number of amides is 3. The molecule has 5 rings (SSSR count). The summed E-state index contributed by atoms with van der Waals surface area (Å²) in [6, 6.07) is 13.7. The van der Waals surface area contributed by atoms with Crippen LogP contribution in [0.1, 0.15) is 48.2 Å². The van der Waals surface area contributed by atoms with Crippen LogP contribution in [0.15, 0.2) is 42.5 Å². The van der Waals surface area contributed by atoms with E-state index in [-0.39, 0.29) is 29.7 Å². The minimum Gasteiger partial charge on any atom is -0.381 e. The molecular weight excluding hydrogens is 392 g/mol. The standard InChI is InChI=1S/C24H26N4O3/c1-24(2)14-25-18-5-3-4-6-19(18)28(24)12-15-7-8-16-13-27(23(31)17(16)11-15)20-9-10-21(29)26-22(20)30/h3-8,11,20,25H,9-10,12-14H2,1-2H3,(H,26,29,30). The maximum absolute atomic E-state index is 13.1. The van der Waals surface area contributed by atoms with E-state index < -0.39 is 6.04 Å². The van der Waals surface area contributed by atoms with Crippen molar-refractivity contribution in [3.8, 4) is 0 Å². The van der Waals surface area contributed by atoms with Crippen LogP contribution in [-0.4, -0.2) is 40.7 Å². The fraction of sp³-hybridized carbons (Fsp3) is 0.375. The average molecular weight is 418 g/mol. The number of fused-ring (bicyclic) bond motifs is 2. The first-order chi connectivity index (χ1) is 14.8. The molecule has 3 aliphatic rings. The summed E-state index contributed by atoms with van der Waals surface area (Å²) in [5.74, 6) is -0.783. The predicted octanol–water partition coefficient (Wildman–Crippen LogP) is 2.66. The van der Waals surface area contributed by atoms with Crippen molar-refractivity contribution in [1.29, 1.82) is 0 Å². The zero-order valence-electron chi connectivity index (χ0n) is 17.8. The highest BCUT2D eigenvalue weighted by atomic mass is 16.2. The Bertz CT molecular complexity index is 1090. The van der Waals surface area contributed by atoms with Gasteiger partial charge in [0.15, 0.2) is 0 Å². The molecule has 0 radical (unpaired) electrons. The maximum Gasteiger partial charge on any atom is 0.255 e. The van der Waals surface area contributed by atoms with Gasteiger partial charge in [-0.25, -0.2) is 0 Å². The van der Waals surface area contributed by atoms with E-state index in [0.717, 1.165) is 29.0 Å². The van der Waals surface area contributed by atoms with Gasteiger partial charge in [0.05, 0.1) is 16.9 Å². The van der Waals surface area contributed by atoms with E-state index in [1.807, 2.05) is 24.3 Å². The number of carbonyl (C=O) groups excluding carboxylic acids is 3. The molecule has 3 heterocycles. The zero-order valence-corrected chi connectivity index (χ0v) is 17.8. The summed E-state index contributed by atoms with van der Waals surface area (Å²) < 4.78 is 0. The quantitative estimate of drug-likeness (QED) is 0.749. The minimum atomic E-state index is -0.583. The molecule has 1 fully saturated rings. The molecule has 7 heteroatoms. The van der Waals surface area contributed by atoms with Crippen LogP contribution >= 0.6 is 0 Å². The van der Waals surface area contributed by atoms with Gasteiger partial charge in [-0.3, -0.25) is 19.7 Å². The highest BCUT2D eigenvalue weighted by Gasteiger charge is 2.39. The molecule has 160 valence electrons. The smallest absolute Gasteiger partial charge is 0.255 e. The van der Waals surface area contributed by atoms with Crippen molar-refractivity contribution in [3.05, 3.63) is 59.2 Å². The van der Waals surface area contributed by atoms with Crippen LogP contribution in [0.3, 0.4) is 0 Å². The lowest BCUT2D eigenvalue weighted by Crippen LogP contribution is -2.52. The summed E-state index contributed by atoms with van der Waals surface area (Å²) >= 11 is 0. The Balaban J connectivity index is 1.40. The molecule has 0 aromatic heterocycles. The fourth-order valence-corrected chi connectivity index (χ4v) is 4.77. The van der Waals surface area contributed by atoms with Gasteiger partial charge in [-0.2, -0.15) is 0 Å². The third kappa shape index (κ3) is 3.34. The van der Waals surface area contributed by atoms with Gasteiger partial charge in [0.2, 0.25) is 11.8 Å². The Hall–Kier alpha value is -3.35. The van der Waals surface area contributed by atoms with E-state index in [1.165, 1.54) is 0 Å². The van der Waals surface area contributed by atoms with Gasteiger partial charge in [0, 0.05) is 31.6 Å². The summed E-state index contributed by atoms with van der Waals surface area (Å²) in [6.45, 7) is 6.34. The van der Waals surface area contributed by atoms with Gasteiger partial charge in [0.1, 0.15) is 6.04 Å². The van der Waals surface area contributed by atoms with Crippen molar-refractivity contribution < 1.29 is 14.4 Å². The average Bonchev–Trinajstić information content (AvgIpc) is 3.06. The topological polar surface area (TPSA) is 81.8 Å². The Labute approximate surface area is 181 Å². The number of hydrogen-bond donors (Lipinski definition) is 2. The molecule has 3 aliphatic heterocycles. The number of piperidine rings is 1. The van der Waals surface area contributed by atoms with Gasteiger partial charge in [-0.1, -0.05) is 24.3 Å². The second-order valence-electron chi connectivity index (χ2n) is 9.16. The Morgan fingerprint density at radius 2 is 1.90 bits per heavy atom. The van der Waals surface area contributed by atoms with Gasteiger partial charge in [-0.15, -0.1) is 0 Å². The molecule has 0 aliphatic carbocycles. The van der Waals surface area contributed by atoms with E-state index in [0.29, 0.717) is 25.1 Å². The Morgan fingerprint density at radius 1 is 1.10 bits per heavy atom. The van der Waals surface area contributed by atoms with Gasteiger partial charge in [0.25, 0.3) is 5.91 Å². The largest absolute Gasteiger partial charge is 0.381 e. The van der Waals surface area contributed by atoms with Crippen molar-refractivity contribution >= 4 is 29.1 Å². The Kier molecular flexibility index (Phi) is 4.50. The van der Waals surface area contributed by atoms with Gasteiger partial charge < -0.3 is 15.1 Å². The number of imide groups is 1. The van der Waals surface area contributed by atoms with E-state index in [4.69, 9.17) is 0 Å². The fourth-order valence-electron chi connectivity index (χ4n) is 4.77. The molecule has 0 saturated carbocycles. The number of nitrogens with zero attached hydrogens (tertiary/aromatic N) is 2. The van der Waals surface area contributed by atoms with Crippen LogP contribution in [0, 0.1) is 0 Å². The van der Waals surface area contributed by atoms with Gasteiger partial charge in [-0.05, 0) is 49.6 Å². The van der Waals surface area contributed by atoms with Crippen LogP contribution in [-0.2, 0) is 22.7 Å². The lowest BCUT2D eigenvalue weighted by atomic mass is 9.96. The van der Waals surface area contributed by atoms with Crippen molar-refractivity contribution in [2.75, 3.05) is 16.8 Å². The normalized spacial score (nSPS) is 22.0. The number of anilines is 2. The maximum atomic E-state index is 13.1. The van der Waals surface area contributed by atoms with Gasteiger partial charge >= 0.3 is 0 Å². The predicted molar refractivity (Wildman–Crippen MR) is 118 cm³/mol. The molecule has 0 bridgehead atoms. The first kappa shape index (κ1) is 19.6. The molecule has 2 aromatic carbocycles. The molecule has 2 N–H and O–H groups in total. The molecule has 2 aromatic rings. The van der Waals surface area contributed by atoms with E-state index in [1.54, 1.807) is 4.90 Å². The molecular formula is C24H26N4O3. The summed E-state index contributed by atoms with van der Waals surface area (Å²) in [5.41, 5.74) is 4.82. The number of benzene rings is 2. The molecule has 1 saturated heterocycles. The molecule has 7 nitrogen and oxygen atoms in total. The van der Waals surface area contributed by atoms with Crippen LogP contribution in [0.4, 0.5) is 11.4 Å². The zero-order chi connectivity index (χ0) is 21.8. The van der Waals surface area contributed by atoms with Crippen molar-refractivity contribution in [2.24, 2.45) is 0 Å². The number of para-hydroxylation sites is 2. The summed E-state index contributed by atoms with van der Waals surface area (Å²) in [7, 11) is 0. The summed E-state index contributed by atoms with van der Waals surface area (Å²) in [4.78, 5) is 40.8. The lowest BCUT2D eigenvalue weighted by Gasteiger charge is -2.45. The van der Waals surface area contributed by atoms with E-state index in [2.05, 4.69) is 47.6 Å². The van der Waals surface area contributed by atoms with Crippen molar-refractivity contribution in [1.82, 2.24) is 10.2 Å². The lowest BCUT2D eigenvalue weighted by molar-refractivity contribution is -0.136. The third-order valence-corrected chi connectivity index (χ3v) is 6.57. The first-order valence-corrected chi connectivity index (χ1v) is 10.7. The van der Waals surface area contributed by atoms with Crippen LogP contribution in [0.25, 0.3) is 0 Å². The highest BCUT2D eigenvalue weighted by Crippen LogP contribution is 2.37. The number of nitrogens with one attached hydrogen (secondary N) is 2. The highest BCUT2D eigenvalue weighted by molar-refractivity contribution is 6.05. The Morgan fingerprint density at radius 3 is 2.71 bits per heavy atom. The second kappa shape index (κ2) is 7.11. The van der Waals surface area contributed by atoms with E-state index in [9.17, 15) is 14.4 Å². The second-order valence-corrected chi connectivity index (χ2v) is 9.16. The molecule has 3 amide bonds. The SMILES string of the molecule is CC1(C)CNc2ccccc2N1Cc1ccc2c(c1)C(=O)N(C1CCC(=O)NC1=O)C2. The van der Waals surface area contributed by atoms with Crippen LogP contribution in [0.5, 0.6) is 0 Å². The number of rotatable bonds is 3. The molecule has 31 heavy (non-hydrogen) atoms. The number of carbonyl (C=O) groups is 3. The number of hydrogen-bond acceptors (Lipinski definition) is 5.